The third-order valence-electron chi connectivity index (χ3n) is 6.22. The van der Waals surface area contributed by atoms with Gasteiger partial charge in [0.25, 0.3) is 0 Å². The molecule has 1 aliphatic heterocycles. The number of amides is 1. The lowest BCUT2D eigenvalue weighted by molar-refractivity contribution is -0.129. The number of rotatable bonds is 9. The second kappa shape index (κ2) is 10.3. The van der Waals surface area contributed by atoms with Crippen LogP contribution in [-0.2, 0) is 11.3 Å². The molecule has 9 heteroatoms. The number of benzene rings is 2. The van der Waals surface area contributed by atoms with Crippen molar-refractivity contribution in [2.45, 2.75) is 43.4 Å². The molecule has 178 valence electrons. The molecule has 2 fully saturated rings. The van der Waals surface area contributed by atoms with Gasteiger partial charge in [-0.2, -0.15) is 0 Å². The van der Waals surface area contributed by atoms with Crippen molar-refractivity contribution in [2.24, 2.45) is 0 Å². The average molecular weight is 498 g/mol. The molecule has 2 aliphatic rings. The van der Waals surface area contributed by atoms with E-state index in [4.69, 9.17) is 16.3 Å². The van der Waals surface area contributed by atoms with Gasteiger partial charge in [0.05, 0.1) is 18.6 Å². The zero-order chi connectivity index (χ0) is 23.5. The SMILES string of the molecule is COc1ccc(CN(C(=O)CSc2nnc(N3CCCC3)n2-c2cccc(Cl)c2)C2CC2)cc1. The Morgan fingerprint density at radius 2 is 1.91 bits per heavy atom. The lowest BCUT2D eigenvalue weighted by Gasteiger charge is -2.23. The van der Waals surface area contributed by atoms with Crippen molar-refractivity contribution >= 4 is 35.2 Å². The van der Waals surface area contributed by atoms with Gasteiger partial charge in [0, 0.05) is 30.7 Å². The molecule has 3 aromatic rings. The third kappa shape index (κ3) is 5.18. The molecule has 1 aliphatic carbocycles. The molecule has 0 bridgehead atoms. The van der Waals surface area contributed by atoms with Crippen LogP contribution in [-0.4, -0.2) is 57.6 Å². The third-order valence-corrected chi connectivity index (χ3v) is 7.37. The Morgan fingerprint density at radius 1 is 1.15 bits per heavy atom. The normalized spacial score (nSPS) is 15.5. The molecular weight excluding hydrogens is 470 g/mol. The Hall–Kier alpha value is -2.71. The lowest BCUT2D eigenvalue weighted by Crippen LogP contribution is -2.34. The Labute approximate surface area is 209 Å². The monoisotopic (exact) mass is 497 g/mol. The molecule has 0 atom stereocenters. The number of ether oxygens (including phenoxy) is 1. The van der Waals surface area contributed by atoms with Crippen LogP contribution in [0, 0.1) is 0 Å². The lowest BCUT2D eigenvalue weighted by atomic mass is 10.2. The number of hydrogen-bond acceptors (Lipinski definition) is 6. The Bertz CT molecular complexity index is 1140. The van der Waals surface area contributed by atoms with Crippen LogP contribution in [0.1, 0.15) is 31.2 Å². The molecule has 34 heavy (non-hydrogen) atoms. The molecule has 5 rings (SSSR count). The quantitative estimate of drug-likeness (QED) is 0.395. The molecule has 7 nitrogen and oxygen atoms in total. The number of thioether (sulfide) groups is 1. The number of methoxy groups -OCH3 is 1. The number of carbonyl (C=O) groups excluding carboxylic acids is 1. The van der Waals surface area contributed by atoms with Gasteiger partial charge in [0.1, 0.15) is 5.75 Å². The maximum atomic E-state index is 13.3. The summed E-state index contributed by atoms with van der Waals surface area (Å²) >= 11 is 7.72. The largest absolute Gasteiger partial charge is 0.497 e. The van der Waals surface area contributed by atoms with Crippen LogP contribution in [0.5, 0.6) is 5.75 Å². The highest BCUT2D eigenvalue weighted by atomic mass is 35.5. The van der Waals surface area contributed by atoms with E-state index in [-0.39, 0.29) is 5.91 Å². The van der Waals surface area contributed by atoms with Crippen LogP contribution < -0.4 is 9.64 Å². The molecule has 2 aromatic carbocycles. The number of anilines is 1. The van der Waals surface area contributed by atoms with Crippen LogP contribution in [0.4, 0.5) is 5.95 Å². The first kappa shape index (κ1) is 23.1. The zero-order valence-corrected chi connectivity index (χ0v) is 20.8. The summed E-state index contributed by atoms with van der Waals surface area (Å²) < 4.78 is 7.28. The van der Waals surface area contributed by atoms with Gasteiger partial charge in [-0.05, 0) is 61.6 Å². The smallest absolute Gasteiger partial charge is 0.233 e. The summed E-state index contributed by atoms with van der Waals surface area (Å²) in [6.07, 6.45) is 4.41. The molecular formula is C25H28ClN5O2S. The van der Waals surface area contributed by atoms with Crippen molar-refractivity contribution in [3.63, 3.8) is 0 Å². The first-order valence-electron chi connectivity index (χ1n) is 11.6. The van der Waals surface area contributed by atoms with Gasteiger partial charge in [0.2, 0.25) is 11.9 Å². The molecule has 1 saturated carbocycles. The van der Waals surface area contributed by atoms with Crippen LogP contribution in [0.3, 0.4) is 0 Å². The van der Waals surface area contributed by atoms with Crippen LogP contribution in [0.15, 0.2) is 53.7 Å². The van der Waals surface area contributed by atoms with Gasteiger partial charge < -0.3 is 14.5 Å². The number of halogens is 1. The number of hydrogen-bond donors (Lipinski definition) is 0. The molecule has 0 radical (unpaired) electrons. The Balaban J connectivity index is 1.33. The second-order valence-electron chi connectivity index (χ2n) is 8.68. The van der Waals surface area contributed by atoms with Crippen molar-refractivity contribution < 1.29 is 9.53 Å². The highest BCUT2D eigenvalue weighted by Crippen LogP contribution is 2.32. The van der Waals surface area contributed by atoms with Crippen molar-refractivity contribution in [1.82, 2.24) is 19.7 Å². The molecule has 1 amide bonds. The first-order valence-corrected chi connectivity index (χ1v) is 13.0. The minimum atomic E-state index is 0.117. The minimum Gasteiger partial charge on any atom is -0.497 e. The van der Waals surface area contributed by atoms with Gasteiger partial charge in [-0.1, -0.05) is 41.6 Å². The summed E-state index contributed by atoms with van der Waals surface area (Å²) in [4.78, 5) is 17.5. The summed E-state index contributed by atoms with van der Waals surface area (Å²) in [5.74, 6) is 2.06. The van der Waals surface area contributed by atoms with Crippen molar-refractivity contribution in [1.29, 1.82) is 0 Å². The highest BCUT2D eigenvalue weighted by Gasteiger charge is 2.33. The Kier molecular flexibility index (Phi) is 6.97. The van der Waals surface area contributed by atoms with Crippen molar-refractivity contribution in [3.8, 4) is 11.4 Å². The highest BCUT2D eigenvalue weighted by molar-refractivity contribution is 7.99. The van der Waals surface area contributed by atoms with Crippen molar-refractivity contribution in [3.05, 3.63) is 59.1 Å². The first-order chi connectivity index (χ1) is 16.6. The number of nitrogens with zero attached hydrogens (tertiary/aromatic N) is 5. The van der Waals surface area contributed by atoms with Crippen LogP contribution >= 0.6 is 23.4 Å². The summed E-state index contributed by atoms with van der Waals surface area (Å²) in [5.41, 5.74) is 2.01. The topological polar surface area (TPSA) is 63.5 Å². The summed E-state index contributed by atoms with van der Waals surface area (Å²) in [5, 5.41) is 10.3. The molecule has 2 heterocycles. The molecule has 1 aromatic heterocycles. The fourth-order valence-electron chi connectivity index (χ4n) is 4.26. The molecule has 0 spiro atoms. The van der Waals surface area contributed by atoms with Crippen LogP contribution in [0.25, 0.3) is 5.69 Å². The summed E-state index contributed by atoms with van der Waals surface area (Å²) in [6.45, 7) is 2.52. The maximum absolute atomic E-state index is 13.3. The standard InChI is InChI=1S/C25H28ClN5O2S/c1-33-22-11-7-18(8-12-22)16-30(20-9-10-20)23(32)17-34-25-28-27-24(29-13-2-3-14-29)31(25)21-6-4-5-19(26)15-21/h4-8,11-12,15,20H,2-3,9-10,13-14,16-17H2,1H3. The van der Waals surface area contributed by atoms with Gasteiger partial charge in [-0.25, -0.2) is 0 Å². The zero-order valence-electron chi connectivity index (χ0n) is 19.2. The van der Waals surface area contributed by atoms with E-state index >= 15 is 0 Å². The number of carbonyl (C=O) groups is 1. The van der Waals surface area contributed by atoms with E-state index in [1.807, 2.05) is 58.0 Å². The Morgan fingerprint density at radius 3 is 2.59 bits per heavy atom. The van der Waals surface area contributed by atoms with E-state index in [0.717, 1.165) is 61.7 Å². The van der Waals surface area contributed by atoms with E-state index in [1.165, 1.54) is 11.8 Å². The van der Waals surface area contributed by atoms with Crippen LogP contribution in [0.2, 0.25) is 5.02 Å². The number of aromatic nitrogens is 3. The van der Waals surface area contributed by atoms with Gasteiger partial charge in [-0.15, -0.1) is 10.2 Å². The fourth-order valence-corrected chi connectivity index (χ4v) is 5.28. The molecule has 0 unspecified atom stereocenters. The van der Waals surface area contributed by atoms with E-state index in [1.54, 1.807) is 7.11 Å². The predicted octanol–water partition coefficient (Wildman–Crippen LogP) is 4.81. The minimum absolute atomic E-state index is 0.117. The van der Waals surface area contributed by atoms with Gasteiger partial charge >= 0.3 is 0 Å². The predicted molar refractivity (Wildman–Crippen MR) is 135 cm³/mol. The van der Waals surface area contributed by atoms with E-state index in [0.29, 0.717) is 28.5 Å². The van der Waals surface area contributed by atoms with Crippen molar-refractivity contribution in [2.75, 3.05) is 30.9 Å². The summed E-state index contributed by atoms with van der Waals surface area (Å²) in [6, 6.07) is 15.9. The van der Waals surface area contributed by atoms with Gasteiger partial charge in [-0.3, -0.25) is 9.36 Å². The maximum Gasteiger partial charge on any atom is 0.233 e. The van der Waals surface area contributed by atoms with E-state index in [2.05, 4.69) is 15.1 Å². The molecule has 1 saturated heterocycles. The fraction of sp³-hybridized carbons (Fsp3) is 0.400. The summed E-state index contributed by atoms with van der Waals surface area (Å²) in [7, 11) is 1.66. The second-order valence-corrected chi connectivity index (χ2v) is 10.1. The average Bonchev–Trinajstić information content (AvgIpc) is 3.37. The van der Waals surface area contributed by atoms with E-state index < -0.39 is 0 Å². The van der Waals surface area contributed by atoms with E-state index in [9.17, 15) is 4.79 Å². The van der Waals surface area contributed by atoms with Gasteiger partial charge in [0.15, 0.2) is 5.16 Å². The molecule has 0 N–H and O–H groups in total.